The smallest absolute Gasteiger partial charge is 0.174 e. The molecule has 0 amide bonds. The highest BCUT2D eigenvalue weighted by Crippen LogP contribution is 2.34. The average molecular weight is 258 g/mol. The summed E-state index contributed by atoms with van der Waals surface area (Å²) in [6, 6.07) is 5.39. The van der Waals surface area contributed by atoms with E-state index in [0.717, 1.165) is 15.1 Å². The summed E-state index contributed by atoms with van der Waals surface area (Å²) in [4.78, 5) is 5.16. The summed E-state index contributed by atoms with van der Waals surface area (Å²) in [7, 11) is 0. The van der Waals surface area contributed by atoms with E-state index < -0.39 is 0 Å². The Bertz CT molecular complexity index is 484. The zero-order chi connectivity index (χ0) is 10.8. The van der Waals surface area contributed by atoms with Crippen molar-refractivity contribution in [2.75, 3.05) is 5.73 Å². The summed E-state index contributed by atoms with van der Waals surface area (Å²) in [6.07, 6.45) is 0. The van der Waals surface area contributed by atoms with Crippen LogP contribution in [0.2, 0.25) is 5.02 Å². The average Bonchev–Trinajstić information content (AvgIpc) is 2.58. The first-order valence-electron chi connectivity index (χ1n) is 4.18. The Morgan fingerprint density at radius 1 is 1.47 bits per heavy atom. The predicted molar refractivity (Wildman–Crippen MR) is 64.6 cm³/mol. The van der Waals surface area contributed by atoms with Crippen LogP contribution in [-0.4, -0.2) is 9.36 Å². The molecule has 0 atom stereocenters. The number of hydrogen-bond donors (Lipinski definition) is 1. The molecule has 1 heterocycles. The number of nitrogens with zero attached hydrogens (tertiary/aromatic N) is 2. The van der Waals surface area contributed by atoms with Crippen molar-refractivity contribution in [3.63, 3.8) is 0 Å². The molecule has 6 heteroatoms. The second-order valence-corrected chi connectivity index (χ2v) is 5.37. The topological polar surface area (TPSA) is 51.8 Å². The third-order valence-electron chi connectivity index (χ3n) is 1.68. The van der Waals surface area contributed by atoms with Crippen molar-refractivity contribution >= 4 is 40.6 Å². The maximum Gasteiger partial charge on any atom is 0.174 e. The lowest BCUT2D eigenvalue weighted by molar-refractivity contribution is 1.10. The van der Waals surface area contributed by atoms with Crippen molar-refractivity contribution in [2.45, 2.75) is 16.2 Å². The van der Waals surface area contributed by atoms with E-state index in [9.17, 15) is 0 Å². The van der Waals surface area contributed by atoms with Crippen molar-refractivity contribution in [3.8, 4) is 0 Å². The number of nitrogens with two attached hydrogens (primary N) is 1. The van der Waals surface area contributed by atoms with Gasteiger partial charge < -0.3 is 5.73 Å². The monoisotopic (exact) mass is 257 g/mol. The van der Waals surface area contributed by atoms with Crippen molar-refractivity contribution in [1.82, 2.24) is 9.36 Å². The lowest BCUT2D eigenvalue weighted by Crippen LogP contribution is -1.87. The molecule has 0 unspecified atom stereocenters. The molecule has 3 nitrogen and oxygen atoms in total. The lowest BCUT2D eigenvalue weighted by atomic mass is 10.3. The molecule has 0 aliphatic carbocycles. The fourth-order valence-corrected chi connectivity index (χ4v) is 2.94. The van der Waals surface area contributed by atoms with Gasteiger partial charge in [0.05, 0.1) is 0 Å². The largest absolute Gasteiger partial charge is 0.398 e. The number of benzene rings is 1. The van der Waals surface area contributed by atoms with Crippen LogP contribution in [0.5, 0.6) is 0 Å². The van der Waals surface area contributed by atoms with Crippen molar-refractivity contribution in [2.24, 2.45) is 0 Å². The Hall–Kier alpha value is -0.780. The van der Waals surface area contributed by atoms with E-state index in [1.165, 1.54) is 23.3 Å². The van der Waals surface area contributed by atoms with Crippen LogP contribution in [0.4, 0.5) is 5.69 Å². The highest BCUT2D eigenvalue weighted by molar-refractivity contribution is 8.01. The summed E-state index contributed by atoms with van der Waals surface area (Å²) < 4.78 is 4.98. The Labute approximate surface area is 101 Å². The second-order valence-electron chi connectivity index (χ2n) is 2.89. The number of aromatic nitrogens is 2. The quantitative estimate of drug-likeness (QED) is 0.840. The summed E-state index contributed by atoms with van der Waals surface area (Å²) in [6.45, 7) is 1.86. The number of rotatable bonds is 2. The van der Waals surface area contributed by atoms with Crippen LogP contribution in [0.15, 0.2) is 27.4 Å². The fraction of sp³-hybridized carbons (Fsp3) is 0.111. The fourth-order valence-electron chi connectivity index (χ4n) is 1.01. The number of hydrogen-bond acceptors (Lipinski definition) is 5. The summed E-state index contributed by atoms with van der Waals surface area (Å²) >= 11 is 8.73. The lowest BCUT2D eigenvalue weighted by Gasteiger charge is -2.02. The van der Waals surface area contributed by atoms with Gasteiger partial charge in [-0.05, 0) is 36.7 Å². The normalized spacial score (nSPS) is 10.5. The molecule has 0 bridgehead atoms. The summed E-state index contributed by atoms with van der Waals surface area (Å²) in [5.74, 6) is 0.781. The van der Waals surface area contributed by atoms with Gasteiger partial charge in [0, 0.05) is 15.6 Å². The van der Waals surface area contributed by atoms with Gasteiger partial charge in [0.25, 0.3) is 0 Å². The molecular weight excluding hydrogens is 250 g/mol. The van der Waals surface area contributed by atoms with Crippen LogP contribution < -0.4 is 5.73 Å². The van der Waals surface area contributed by atoms with Crippen molar-refractivity contribution in [1.29, 1.82) is 0 Å². The minimum Gasteiger partial charge on any atom is -0.398 e. The van der Waals surface area contributed by atoms with Crippen molar-refractivity contribution in [3.05, 3.63) is 29.0 Å². The van der Waals surface area contributed by atoms with Crippen LogP contribution in [0.25, 0.3) is 0 Å². The minimum atomic E-state index is 0.674. The first kappa shape index (κ1) is 10.7. The van der Waals surface area contributed by atoms with Crippen LogP contribution >= 0.6 is 34.9 Å². The number of anilines is 1. The molecule has 2 N–H and O–H groups in total. The summed E-state index contributed by atoms with van der Waals surface area (Å²) in [5, 5.41) is 0.674. The van der Waals surface area contributed by atoms with E-state index in [-0.39, 0.29) is 0 Å². The molecule has 0 spiro atoms. The molecule has 1 aromatic heterocycles. The standard InChI is InChI=1S/C9H8ClN3S2/c1-5-12-9(15-13-5)14-8-4-6(10)2-3-7(8)11/h2-4H,11H2,1H3. The SMILES string of the molecule is Cc1nsc(Sc2cc(Cl)ccc2N)n1. The number of halogens is 1. The Balaban J connectivity index is 2.27. The second kappa shape index (κ2) is 4.38. The number of aryl methyl sites for hydroxylation is 1. The molecular formula is C9H8ClN3S2. The molecule has 2 rings (SSSR count). The van der Waals surface area contributed by atoms with E-state index in [1.54, 1.807) is 12.1 Å². The van der Waals surface area contributed by atoms with Crippen LogP contribution in [-0.2, 0) is 0 Å². The van der Waals surface area contributed by atoms with E-state index in [0.29, 0.717) is 10.7 Å². The molecule has 0 radical (unpaired) electrons. The molecule has 0 fully saturated rings. The van der Waals surface area contributed by atoms with Crippen molar-refractivity contribution < 1.29 is 0 Å². The Morgan fingerprint density at radius 3 is 2.93 bits per heavy atom. The summed E-state index contributed by atoms with van der Waals surface area (Å²) in [5.41, 5.74) is 6.53. The van der Waals surface area contributed by atoms with Gasteiger partial charge in [-0.2, -0.15) is 4.37 Å². The molecule has 15 heavy (non-hydrogen) atoms. The molecule has 0 saturated carbocycles. The molecule has 0 aliphatic heterocycles. The third-order valence-corrected chi connectivity index (χ3v) is 3.83. The van der Waals surface area contributed by atoms with Gasteiger partial charge in [-0.1, -0.05) is 23.4 Å². The predicted octanol–water partition coefficient (Wildman–Crippen LogP) is 3.23. The minimum absolute atomic E-state index is 0.674. The number of nitrogen functional groups attached to an aromatic ring is 1. The van der Waals surface area contributed by atoms with Crippen LogP contribution in [0.1, 0.15) is 5.82 Å². The zero-order valence-electron chi connectivity index (χ0n) is 7.90. The molecule has 1 aromatic carbocycles. The first-order valence-corrected chi connectivity index (χ1v) is 6.15. The molecule has 2 aromatic rings. The van der Waals surface area contributed by atoms with E-state index in [4.69, 9.17) is 17.3 Å². The Kier molecular flexibility index (Phi) is 3.14. The highest BCUT2D eigenvalue weighted by atomic mass is 35.5. The maximum atomic E-state index is 5.89. The molecule has 0 aliphatic rings. The highest BCUT2D eigenvalue weighted by Gasteiger charge is 2.06. The van der Waals surface area contributed by atoms with Gasteiger partial charge >= 0.3 is 0 Å². The zero-order valence-corrected chi connectivity index (χ0v) is 10.3. The van der Waals surface area contributed by atoms with Gasteiger partial charge in [-0.25, -0.2) is 4.98 Å². The van der Waals surface area contributed by atoms with E-state index in [1.807, 2.05) is 13.0 Å². The van der Waals surface area contributed by atoms with Gasteiger partial charge in [-0.3, -0.25) is 0 Å². The molecule has 78 valence electrons. The van der Waals surface area contributed by atoms with Gasteiger partial charge in [0.1, 0.15) is 5.82 Å². The van der Waals surface area contributed by atoms with E-state index >= 15 is 0 Å². The molecule has 0 saturated heterocycles. The van der Waals surface area contributed by atoms with Gasteiger partial charge in [-0.15, -0.1) is 0 Å². The van der Waals surface area contributed by atoms with Gasteiger partial charge in [0.2, 0.25) is 0 Å². The van der Waals surface area contributed by atoms with Crippen LogP contribution in [0, 0.1) is 6.92 Å². The first-order chi connectivity index (χ1) is 7.15. The van der Waals surface area contributed by atoms with Gasteiger partial charge in [0.15, 0.2) is 4.34 Å². The van der Waals surface area contributed by atoms with E-state index in [2.05, 4.69) is 9.36 Å². The van der Waals surface area contributed by atoms with Crippen LogP contribution in [0.3, 0.4) is 0 Å². The maximum absolute atomic E-state index is 5.89. The third kappa shape index (κ3) is 2.62. The Morgan fingerprint density at radius 2 is 2.27 bits per heavy atom.